The molecule has 0 N–H and O–H groups in total. The highest BCUT2D eigenvalue weighted by Crippen LogP contribution is 2.29. The van der Waals surface area contributed by atoms with Crippen molar-refractivity contribution in [2.24, 2.45) is 0 Å². The van der Waals surface area contributed by atoms with E-state index in [9.17, 15) is 0 Å². The molecule has 1 fully saturated rings. The number of hydrogen-bond donors (Lipinski definition) is 0. The van der Waals surface area contributed by atoms with Crippen LogP contribution in [0, 0.1) is 6.92 Å². The van der Waals surface area contributed by atoms with Crippen LogP contribution in [0.3, 0.4) is 0 Å². The molecule has 0 aliphatic carbocycles. The van der Waals surface area contributed by atoms with Gasteiger partial charge in [0.1, 0.15) is 12.1 Å². The Balaban J connectivity index is 1.48. The smallest absolute Gasteiger partial charge is 0.243 e. The van der Waals surface area contributed by atoms with Gasteiger partial charge in [0.05, 0.1) is 16.3 Å². The zero-order chi connectivity index (χ0) is 15.8. The van der Waals surface area contributed by atoms with Crippen molar-refractivity contribution in [3.05, 3.63) is 29.5 Å². The van der Waals surface area contributed by atoms with Crippen LogP contribution in [0.1, 0.15) is 24.7 Å². The first-order chi connectivity index (χ1) is 11.2. The fraction of sp³-hybridized carbons (Fsp3) is 0.467. The molecule has 8 heteroatoms. The summed E-state index contributed by atoms with van der Waals surface area (Å²) in [5.74, 6) is 2.43. The predicted molar refractivity (Wildman–Crippen MR) is 88.7 cm³/mol. The Labute approximate surface area is 138 Å². The first-order valence-corrected chi connectivity index (χ1v) is 8.58. The monoisotopic (exact) mass is 330 g/mol. The van der Waals surface area contributed by atoms with Crippen LogP contribution in [0.25, 0.3) is 10.2 Å². The summed E-state index contributed by atoms with van der Waals surface area (Å²) in [7, 11) is 0. The van der Waals surface area contributed by atoms with E-state index in [1.165, 1.54) is 4.70 Å². The first kappa shape index (κ1) is 14.5. The van der Waals surface area contributed by atoms with Gasteiger partial charge in [-0.05, 0) is 25.3 Å². The van der Waals surface area contributed by atoms with E-state index in [1.807, 2.05) is 13.0 Å². The number of aryl methyl sites for hydroxylation is 1. The quantitative estimate of drug-likeness (QED) is 0.729. The van der Waals surface area contributed by atoms with E-state index in [0.29, 0.717) is 11.7 Å². The average Bonchev–Trinajstić information content (AvgIpc) is 3.22. The molecule has 1 atom stereocenters. The fourth-order valence-electron chi connectivity index (χ4n) is 2.96. The lowest BCUT2D eigenvalue weighted by Crippen LogP contribution is -2.47. The van der Waals surface area contributed by atoms with Crippen LogP contribution in [-0.2, 0) is 0 Å². The molecule has 1 aliphatic rings. The van der Waals surface area contributed by atoms with E-state index >= 15 is 0 Å². The van der Waals surface area contributed by atoms with Gasteiger partial charge in [0, 0.05) is 26.2 Å². The van der Waals surface area contributed by atoms with Crippen LogP contribution in [0.4, 0.5) is 5.82 Å². The van der Waals surface area contributed by atoms with Crippen LogP contribution in [0.15, 0.2) is 22.3 Å². The highest BCUT2D eigenvalue weighted by atomic mass is 32.1. The lowest BCUT2D eigenvalue weighted by Gasteiger charge is -2.37. The molecule has 1 saturated heterocycles. The van der Waals surface area contributed by atoms with E-state index in [1.54, 1.807) is 17.7 Å². The van der Waals surface area contributed by atoms with Crippen LogP contribution in [-0.4, -0.2) is 51.2 Å². The van der Waals surface area contributed by atoms with Gasteiger partial charge in [-0.15, -0.1) is 11.3 Å². The number of aromatic nitrogens is 4. The molecule has 0 spiro atoms. The third kappa shape index (κ3) is 2.68. The number of anilines is 1. The average molecular weight is 330 g/mol. The van der Waals surface area contributed by atoms with Crippen LogP contribution < -0.4 is 4.90 Å². The Morgan fingerprint density at radius 1 is 1.22 bits per heavy atom. The van der Waals surface area contributed by atoms with E-state index < -0.39 is 0 Å². The maximum atomic E-state index is 5.30. The number of hydrogen-bond acceptors (Lipinski definition) is 8. The van der Waals surface area contributed by atoms with Gasteiger partial charge >= 0.3 is 0 Å². The summed E-state index contributed by atoms with van der Waals surface area (Å²) in [4.78, 5) is 17.9. The summed E-state index contributed by atoms with van der Waals surface area (Å²) < 4.78 is 6.47. The Kier molecular flexibility index (Phi) is 3.70. The van der Waals surface area contributed by atoms with Gasteiger partial charge in [0.2, 0.25) is 5.89 Å². The standard InChI is InChI=1S/C15H18N6OS/c1-10(15-18-11(2)19-22-15)20-4-6-21(7-5-20)14-13-12(3-8-23-13)16-9-17-14/h3,8-10H,4-7H2,1-2H3/t10-/m1/s1. The van der Waals surface area contributed by atoms with Crippen LogP contribution >= 0.6 is 11.3 Å². The van der Waals surface area contributed by atoms with E-state index in [2.05, 4.69) is 42.2 Å². The van der Waals surface area contributed by atoms with Gasteiger partial charge in [0.25, 0.3) is 0 Å². The second-order valence-corrected chi connectivity index (χ2v) is 6.63. The molecule has 0 amide bonds. The van der Waals surface area contributed by atoms with E-state index in [0.717, 1.165) is 37.5 Å². The Bertz CT molecular complexity index is 807. The maximum Gasteiger partial charge on any atom is 0.243 e. The number of thiophene rings is 1. The predicted octanol–water partition coefficient (Wildman–Crippen LogP) is 2.27. The number of piperazine rings is 1. The van der Waals surface area contributed by atoms with Crippen molar-refractivity contribution < 1.29 is 4.52 Å². The molecule has 4 rings (SSSR count). The van der Waals surface area contributed by atoms with Crippen molar-refractivity contribution in [2.75, 3.05) is 31.1 Å². The first-order valence-electron chi connectivity index (χ1n) is 7.70. The number of rotatable bonds is 3. The van der Waals surface area contributed by atoms with Gasteiger partial charge in [-0.2, -0.15) is 4.98 Å². The van der Waals surface area contributed by atoms with E-state index in [-0.39, 0.29) is 6.04 Å². The van der Waals surface area contributed by atoms with Gasteiger partial charge in [-0.1, -0.05) is 5.16 Å². The molecule has 0 bridgehead atoms. The van der Waals surface area contributed by atoms with Crippen molar-refractivity contribution in [2.45, 2.75) is 19.9 Å². The van der Waals surface area contributed by atoms with Crippen molar-refractivity contribution in [3.8, 4) is 0 Å². The second kappa shape index (κ2) is 5.86. The SMILES string of the molecule is Cc1noc([C@@H](C)N2CCN(c3ncnc4ccsc34)CC2)n1. The lowest BCUT2D eigenvalue weighted by atomic mass is 10.2. The fourth-order valence-corrected chi connectivity index (χ4v) is 3.82. The van der Waals surface area contributed by atoms with Gasteiger partial charge < -0.3 is 9.42 Å². The van der Waals surface area contributed by atoms with Gasteiger partial charge in [-0.25, -0.2) is 9.97 Å². The Morgan fingerprint density at radius 2 is 2.04 bits per heavy atom. The van der Waals surface area contributed by atoms with Crippen molar-refractivity contribution >= 4 is 27.4 Å². The van der Waals surface area contributed by atoms with Crippen molar-refractivity contribution in [1.82, 2.24) is 25.0 Å². The second-order valence-electron chi connectivity index (χ2n) is 5.71. The molecule has 0 unspecified atom stereocenters. The van der Waals surface area contributed by atoms with Crippen molar-refractivity contribution in [1.29, 1.82) is 0 Å². The number of nitrogens with zero attached hydrogens (tertiary/aromatic N) is 6. The molecule has 3 aromatic rings. The highest BCUT2D eigenvalue weighted by molar-refractivity contribution is 7.17. The molecule has 0 saturated carbocycles. The molecule has 0 radical (unpaired) electrons. The molecule has 120 valence electrons. The third-order valence-electron chi connectivity index (χ3n) is 4.29. The maximum absolute atomic E-state index is 5.30. The molecule has 0 aromatic carbocycles. The highest BCUT2D eigenvalue weighted by Gasteiger charge is 2.26. The molecule has 1 aliphatic heterocycles. The molecule has 7 nitrogen and oxygen atoms in total. The molecule has 23 heavy (non-hydrogen) atoms. The summed E-state index contributed by atoms with van der Waals surface area (Å²) >= 11 is 1.70. The minimum Gasteiger partial charge on any atom is -0.353 e. The minimum atomic E-state index is 0.144. The Morgan fingerprint density at radius 3 is 2.78 bits per heavy atom. The topological polar surface area (TPSA) is 71.2 Å². The largest absolute Gasteiger partial charge is 0.353 e. The summed E-state index contributed by atoms with van der Waals surface area (Å²) in [6.07, 6.45) is 1.65. The molecule has 3 aromatic heterocycles. The van der Waals surface area contributed by atoms with Crippen LogP contribution in [0.2, 0.25) is 0 Å². The zero-order valence-electron chi connectivity index (χ0n) is 13.1. The van der Waals surface area contributed by atoms with Gasteiger partial charge in [-0.3, -0.25) is 4.90 Å². The third-order valence-corrected chi connectivity index (χ3v) is 5.19. The molecule has 4 heterocycles. The minimum absolute atomic E-state index is 0.144. The lowest BCUT2D eigenvalue weighted by molar-refractivity contribution is 0.164. The van der Waals surface area contributed by atoms with Gasteiger partial charge in [0.15, 0.2) is 5.82 Å². The van der Waals surface area contributed by atoms with Crippen LogP contribution in [0.5, 0.6) is 0 Å². The summed E-state index contributed by atoms with van der Waals surface area (Å²) in [5.41, 5.74) is 1.03. The number of fused-ring (bicyclic) bond motifs is 1. The normalized spacial score (nSPS) is 17.7. The molecular formula is C15H18N6OS. The zero-order valence-corrected chi connectivity index (χ0v) is 14.0. The molecular weight excluding hydrogens is 312 g/mol. The summed E-state index contributed by atoms with van der Waals surface area (Å²) in [5, 5.41) is 5.95. The summed E-state index contributed by atoms with van der Waals surface area (Å²) in [6.45, 7) is 7.71. The van der Waals surface area contributed by atoms with Crippen molar-refractivity contribution in [3.63, 3.8) is 0 Å². The van der Waals surface area contributed by atoms with E-state index in [4.69, 9.17) is 4.52 Å². The summed E-state index contributed by atoms with van der Waals surface area (Å²) in [6, 6.07) is 2.19. The Hall–Kier alpha value is -2.06.